The molecule has 0 fully saturated rings. The van der Waals surface area contributed by atoms with Gasteiger partial charge in [0.2, 0.25) is 0 Å². The van der Waals surface area contributed by atoms with Crippen LogP contribution in [-0.4, -0.2) is 36.2 Å². The van der Waals surface area contributed by atoms with Gasteiger partial charge in [-0.3, -0.25) is 0 Å². The third kappa shape index (κ3) is 4.24. The lowest BCUT2D eigenvalue weighted by atomic mass is 10.2. The molecule has 2 N–H and O–H groups in total. The van der Waals surface area contributed by atoms with Gasteiger partial charge < -0.3 is 19.7 Å². The minimum absolute atomic E-state index is 0.0641. The first-order chi connectivity index (χ1) is 10.1. The molecule has 1 heterocycles. The maximum absolute atomic E-state index is 11.7. The first-order valence-electron chi connectivity index (χ1n) is 6.54. The summed E-state index contributed by atoms with van der Waals surface area (Å²) in [5.74, 6) is 1.38. The van der Waals surface area contributed by atoms with Crippen LogP contribution in [-0.2, 0) is 6.54 Å². The Morgan fingerprint density at radius 2 is 2.00 bits per heavy atom. The summed E-state index contributed by atoms with van der Waals surface area (Å²) in [5, 5.41) is 12.2. The van der Waals surface area contributed by atoms with Gasteiger partial charge in [0.05, 0.1) is 13.2 Å². The number of likely N-dealkylation sites (N-methyl/N-ethyl adjacent to an activating group) is 1. The highest BCUT2D eigenvalue weighted by atomic mass is 35.5. The van der Waals surface area contributed by atoms with E-state index in [1.165, 1.54) is 4.90 Å². The van der Waals surface area contributed by atoms with E-state index in [0.29, 0.717) is 23.9 Å². The van der Waals surface area contributed by atoms with Crippen molar-refractivity contribution in [3.63, 3.8) is 0 Å². The lowest BCUT2D eigenvalue weighted by molar-refractivity contribution is 0.189. The lowest BCUT2D eigenvalue weighted by Crippen LogP contribution is -2.38. The van der Waals surface area contributed by atoms with E-state index in [9.17, 15) is 4.79 Å². The molecule has 2 rings (SSSR count). The number of urea groups is 1. The number of halogens is 1. The average Bonchev–Trinajstić information content (AvgIpc) is 2.94. The molecule has 0 spiro atoms. The maximum atomic E-state index is 11.7. The van der Waals surface area contributed by atoms with Gasteiger partial charge in [-0.05, 0) is 36.4 Å². The molecule has 112 valence electrons. The smallest absolute Gasteiger partial charge is 0.317 e. The molecule has 2 amide bonds. The Balaban J connectivity index is 1.94. The fourth-order valence-electron chi connectivity index (χ4n) is 1.79. The van der Waals surface area contributed by atoms with Gasteiger partial charge in [-0.15, -0.1) is 0 Å². The summed E-state index contributed by atoms with van der Waals surface area (Å²) < 4.78 is 5.67. The molecule has 0 bridgehead atoms. The van der Waals surface area contributed by atoms with Gasteiger partial charge in [0.15, 0.2) is 0 Å². The van der Waals surface area contributed by atoms with Crippen LogP contribution in [0.3, 0.4) is 0 Å². The Morgan fingerprint density at radius 1 is 1.29 bits per heavy atom. The molecule has 0 saturated carbocycles. The van der Waals surface area contributed by atoms with Crippen LogP contribution in [0.25, 0.3) is 11.3 Å². The Morgan fingerprint density at radius 3 is 2.67 bits per heavy atom. The van der Waals surface area contributed by atoms with E-state index in [-0.39, 0.29) is 12.6 Å². The van der Waals surface area contributed by atoms with Crippen molar-refractivity contribution < 1.29 is 14.3 Å². The van der Waals surface area contributed by atoms with Crippen LogP contribution in [0.1, 0.15) is 5.76 Å². The molecule has 2 aromatic rings. The number of nitrogens with zero attached hydrogens (tertiary/aromatic N) is 1. The number of aliphatic hydroxyl groups is 1. The molecule has 1 aromatic carbocycles. The molecule has 0 unspecified atom stereocenters. The van der Waals surface area contributed by atoms with Gasteiger partial charge >= 0.3 is 6.03 Å². The largest absolute Gasteiger partial charge is 0.459 e. The first kappa shape index (κ1) is 15.4. The molecule has 0 atom stereocenters. The molecule has 1 aromatic heterocycles. The van der Waals surface area contributed by atoms with Crippen molar-refractivity contribution in [2.45, 2.75) is 6.54 Å². The number of benzene rings is 1. The summed E-state index contributed by atoms with van der Waals surface area (Å²) in [6, 6.07) is 10.7. The van der Waals surface area contributed by atoms with Crippen molar-refractivity contribution in [1.82, 2.24) is 10.2 Å². The minimum atomic E-state index is -0.256. The molecule has 6 heteroatoms. The van der Waals surface area contributed by atoms with E-state index in [2.05, 4.69) is 5.32 Å². The van der Waals surface area contributed by atoms with E-state index < -0.39 is 0 Å². The van der Waals surface area contributed by atoms with E-state index in [1.54, 1.807) is 19.2 Å². The topological polar surface area (TPSA) is 65.7 Å². The van der Waals surface area contributed by atoms with Gasteiger partial charge in [-0.2, -0.15) is 0 Å². The summed E-state index contributed by atoms with van der Waals surface area (Å²) in [4.78, 5) is 13.1. The van der Waals surface area contributed by atoms with E-state index in [1.807, 2.05) is 24.3 Å². The van der Waals surface area contributed by atoms with E-state index in [0.717, 1.165) is 11.3 Å². The number of rotatable bonds is 5. The highest BCUT2D eigenvalue weighted by Gasteiger charge is 2.09. The zero-order chi connectivity index (χ0) is 15.2. The summed E-state index contributed by atoms with van der Waals surface area (Å²) >= 11 is 5.84. The Labute approximate surface area is 128 Å². The highest BCUT2D eigenvalue weighted by molar-refractivity contribution is 6.30. The lowest BCUT2D eigenvalue weighted by Gasteiger charge is -2.15. The highest BCUT2D eigenvalue weighted by Crippen LogP contribution is 2.23. The Kier molecular flexibility index (Phi) is 5.25. The third-order valence-corrected chi connectivity index (χ3v) is 3.24. The van der Waals surface area contributed by atoms with E-state index in [4.69, 9.17) is 21.1 Å². The van der Waals surface area contributed by atoms with Crippen molar-refractivity contribution in [2.24, 2.45) is 0 Å². The van der Waals surface area contributed by atoms with Crippen LogP contribution in [0.15, 0.2) is 40.8 Å². The maximum Gasteiger partial charge on any atom is 0.317 e. The normalized spacial score (nSPS) is 10.4. The van der Waals surface area contributed by atoms with Crippen LogP contribution in [0.5, 0.6) is 0 Å². The van der Waals surface area contributed by atoms with Crippen LogP contribution >= 0.6 is 11.6 Å². The summed E-state index contributed by atoms with van der Waals surface area (Å²) in [5.41, 5.74) is 0.925. The van der Waals surface area contributed by atoms with Gasteiger partial charge in [0, 0.05) is 24.2 Å². The molecular formula is C15H17ClN2O3. The van der Waals surface area contributed by atoms with Gasteiger partial charge in [-0.1, -0.05) is 11.6 Å². The van der Waals surface area contributed by atoms with E-state index >= 15 is 0 Å². The summed E-state index contributed by atoms with van der Waals surface area (Å²) in [7, 11) is 1.62. The fourth-order valence-corrected chi connectivity index (χ4v) is 1.92. The molecule has 0 aliphatic carbocycles. The van der Waals surface area contributed by atoms with Crippen molar-refractivity contribution >= 4 is 17.6 Å². The fraction of sp³-hybridized carbons (Fsp3) is 0.267. The number of hydrogen-bond acceptors (Lipinski definition) is 3. The van der Waals surface area contributed by atoms with Crippen molar-refractivity contribution in [1.29, 1.82) is 0 Å². The predicted octanol–water partition coefficient (Wildman–Crippen LogP) is 2.73. The Bertz CT molecular complexity index is 595. The summed E-state index contributed by atoms with van der Waals surface area (Å²) in [6.07, 6.45) is 0. The third-order valence-electron chi connectivity index (χ3n) is 2.99. The molecule has 0 saturated heterocycles. The second kappa shape index (κ2) is 7.15. The number of hydrogen-bond donors (Lipinski definition) is 2. The first-order valence-corrected chi connectivity index (χ1v) is 6.92. The summed E-state index contributed by atoms with van der Waals surface area (Å²) in [6.45, 7) is 0.521. The van der Waals surface area contributed by atoms with Crippen LogP contribution in [0.4, 0.5) is 4.79 Å². The molecule has 21 heavy (non-hydrogen) atoms. The number of furan rings is 1. The van der Waals surface area contributed by atoms with Crippen LogP contribution in [0, 0.1) is 0 Å². The number of aliphatic hydroxyl groups excluding tert-OH is 1. The Hall–Kier alpha value is -1.98. The zero-order valence-corrected chi connectivity index (χ0v) is 12.4. The molecule has 0 aliphatic heterocycles. The van der Waals surface area contributed by atoms with Crippen molar-refractivity contribution in [2.75, 3.05) is 20.2 Å². The minimum Gasteiger partial charge on any atom is -0.459 e. The molecule has 0 radical (unpaired) electrons. The zero-order valence-electron chi connectivity index (χ0n) is 11.7. The predicted molar refractivity (Wildman–Crippen MR) is 81.1 cm³/mol. The van der Waals surface area contributed by atoms with Crippen LogP contribution in [0.2, 0.25) is 5.02 Å². The second-order valence-corrected chi connectivity index (χ2v) is 5.01. The standard InChI is InChI=1S/C15H17ClN2O3/c1-18(8-9-19)15(20)17-10-13-6-7-14(21-13)11-2-4-12(16)5-3-11/h2-7,19H,8-10H2,1H3,(H,17,20). The van der Waals surface area contributed by atoms with Crippen molar-refractivity contribution in [3.05, 3.63) is 47.2 Å². The van der Waals surface area contributed by atoms with Gasteiger partial charge in [-0.25, -0.2) is 4.79 Å². The monoisotopic (exact) mass is 308 g/mol. The second-order valence-electron chi connectivity index (χ2n) is 4.58. The number of carbonyl (C=O) groups is 1. The van der Waals surface area contributed by atoms with Gasteiger partial charge in [0.1, 0.15) is 11.5 Å². The van der Waals surface area contributed by atoms with Gasteiger partial charge in [0.25, 0.3) is 0 Å². The van der Waals surface area contributed by atoms with Crippen molar-refractivity contribution in [3.8, 4) is 11.3 Å². The average molecular weight is 309 g/mol. The number of amides is 2. The quantitative estimate of drug-likeness (QED) is 0.892. The SMILES string of the molecule is CN(CCO)C(=O)NCc1ccc(-c2ccc(Cl)cc2)o1. The molecular weight excluding hydrogens is 292 g/mol. The van der Waals surface area contributed by atoms with Crippen LogP contribution < -0.4 is 5.32 Å². The number of nitrogens with one attached hydrogen (secondary N) is 1. The molecule has 5 nitrogen and oxygen atoms in total. The number of carbonyl (C=O) groups excluding carboxylic acids is 1. The molecule has 0 aliphatic rings.